The van der Waals surface area contributed by atoms with Crippen LogP contribution in [0.4, 0.5) is 0 Å². The van der Waals surface area contributed by atoms with Crippen molar-refractivity contribution in [3.63, 3.8) is 0 Å². The Morgan fingerprint density at radius 3 is 3.00 bits per heavy atom. The van der Waals surface area contributed by atoms with Crippen LogP contribution < -0.4 is 0 Å². The topological polar surface area (TPSA) is 52.1 Å². The van der Waals surface area contributed by atoms with Crippen LogP contribution >= 0.6 is 0 Å². The summed E-state index contributed by atoms with van der Waals surface area (Å²) in [5, 5.41) is 3.70. The van der Waals surface area contributed by atoms with Gasteiger partial charge in [0, 0.05) is 6.07 Å². The Morgan fingerprint density at radius 1 is 1.55 bits per heavy atom. The third-order valence-corrected chi connectivity index (χ3v) is 1.27. The molecule has 0 aliphatic heterocycles. The molecule has 0 saturated carbocycles. The molecule has 11 heavy (non-hydrogen) atoms. The van der Waals surface area contributed by atoms with Gasteiger partial charge in [-0.25, -0.2) is 4.98 Å². The van der Waals surface area contributed by atoms with Crippen LogP contribution in [0.1, 0.15) is 5.69 Å². The average Bonchev–Trinajstić information content (AvgIpc) is 2.55. The molecule has 0 aliphatic rings. The SMILES string of the molecule is Cc1cc(-c2co[c]n2)on1. The Kier molecular flexibility index (Phi) is 1.25. The highest BCUT2D eigenvalue weighted by atomic mass is 16.5. The van der Waals surface area contributed by atoms with Gasteiger partial charge in [-0.2, -0.15) is 0 Å². The molecule has 2 aromatic heterocycles. The van der Waals surface area contributed by atoms with E-state index in [9.17, 15) is 0 Å². The van der Waals surface area contributed by atoms with Gasteiger partial charge in [0.2, 0.25) is 0 Å². The summed E-state index contributed by atoms with van der Waals surface area (Å²) >= 11 is 0. The normalized spacial score (nSPS) is 10.3. The van der Waals surface area contributed by atoms with E-state index in [0.717, 1.165) is 5.69 Å². The predicted molar refractivity (Wildman–Crippen MR) is 35.6 cm³/mol. The van der Waals surface area contributed by atoms with Crippen LogP contribution in [0.25, 0.3) is 11.5 Å². The van der Waals surface area contributed by atoms with Crippen LogP contribution in [-0.2, 0) is 0 Å². The summed E-state index contributed by atoms with van der Waals surface area (Å²) in [6.07, 6.45) is 3.78. The highest BCUT2D eigenvalue weighted by Crippen LogP contribution is 2.16. The van der Waals surface area contributed by atoms with Gasteiger partial charge in [0.05, 0.1) is 5.69 Å². The van der Waals surface area contributed by atoms with E-state index in [-0.39, 0.29) is 0 Å². The van der Waals surface area contributed by atoms with Gasteiger partial charge in [0.15, 0.2) is 5.76 Å². The van der Waals surface area contributed by atoms with Gasteiger partial charge in [-0.3, -0.25) is 0 Å². The van der Waals surface area contributed by atoms with Crippen LogP contribution in [0, 0.1) is 13.3 Å². The fraction of sp³-hybridized carbons (Fsp3) is 0.143. The molecule has 0 bridgehead atoms. The molecule has 4 nitrogen and oxygen atoms in total. The maximum atomic E-state index is 4.92. The fourth-order valence-electron chi connectivity index (χ4n) is 0.782. The first-order chi connectivity index (χ1) is 5.36. The predicted octanol–water partition coefficient (Wildman–Crippen LogP) is 1.44. The highest BCUT2D eigenvalue weighted by Gasteiger charge is 2.05. The molecule has 0 aromatic carbocycles. The van der Waals surface area contributed by atoms with Gasteiger partial charge in [-0.15, -0.1) is 0 Å². The van der Waals surface area contributed by atoms with Crippen molar-refractivity contribution >= 4 is 0 Å². The zero-order chi connectivity index (χ0) is 7.68. The van der Waals surface area contributed by atoms with E-state index in [2.05, 4.69) is 21.0 Å². The first kappa shape index (κ1) is 6.15. The summed E-state index contributed by atoms with van der Waals surface area (Å²) in [4.78, 5) is 3.77. The van der Waals surface area contributed by atoms with Gasteiger partial charge in [0.25, 0.3) is 6.39 Å². The molecule has 0 fully saturated rings. The smallest absolute Gasteiger partial charge is 0.284 e. The van der Waals surface area contributed by atoms with Crippen LogP contribution in [-0.4, -0.2) is 10.1 Å². The lowest BCUT2D eigenvalue weighted by Crippen LogP contribution is -1.69. The van der Waals surface area contributed by atoms with Gasteiger partial charge in [-0.05, 0) is 6.92 Å². The number of rotatable bonds is 1. The minimum Gasteiger partial charge on any atom is -0.440 e. The monoisotopic (exact) mass is 149 g/mol. The molecule has 1 radical (unpaired) electrons. The summed E-state index contributed by atoms with van der Waals surface area (Å²) in [6, 6.07) is 1.78. The van der Waals surface area contributed by atoms with Crippen molar-refractivity contribution in [2.45, 2.75) is 6.92 Å². The quantitative estimate of drug-likeness (QED) is 0.615. The van der Waals surface area contributed by atoms with Crippen molar-refractivity contribution in [1.82, 2.24) is 10.1 Å². The lowest BCUT2D eigenvalue weighted by atomic mass is 10.3. The zero-order valence-corrected chi connectivity index (χ0v) is 5.87. The molecular weight excluding hydrogens is 144 g/mol. The Labute approximate surface area is 62.8 Å². The Balaban J connectivity index is 2.45. The van der Waals surface area contributed by atoms with Crippen molar-refractivity contribution in [2.75, 3.05) is 0 Å². The fourth-order valence-corrected chi connectivity index (χ4v) is 0.782. The second kappa shape index (κ2) is 2.23. The molecule has 0 aliphatic carbocycles. The largest absolute Gasteiger partial charge is 0.440 e. The third-order valence-electron chi connectivity index (χ3n) is 1.27. The Hall–Kier alpha value is -1.58. The maximum absolute atomic E-state index is 4.92. The maximum Gasteiger partial charge on any atom is 0.284 e. The zero-order valence-electron chi connectivity index (χ0n) is 5.87. The van der Waals surface area contributed by atoms with Crippen molar-refractivity contribution in [3.05, 3.63) is 24.4 Å². The summed E-state index contributed by atoms with van der Waals surface area (Å²) in [5.41, 5.74) is 1.44. The Bertz CT molecular complexity index is 337. The second-order valence-electron chi connectivity index (χ2n) is 2.16. The average molecular weight is 149 g/mol. The van der Waals surface area contributed by atoms with Crippen LogP contribution in [0.3, 0.4) is 0 Å². The van der Waals surface area contributed by atoms with Gasteiger partial charge in [0.1, 0.15) is 12.0 Å². The summed E-state index contributed by atoms with van der Waals surface area (Å²) in [6.45, 7) is 1.84. The van der Waals surface area contributed by atoms with E-state index in [0.29, 0.717) is 11.5 Å². The van der Waals surface area contributed by atoms with E-state index in [1.807, 2.05) is 6.92 Å². The van der Waals surface area contributed by atoms with E-state index < -0.39 is 0 Å². The second-order valence-corrected chi connectivity index (χ2v) is 2.16. The molecular formula is C7H5N2O2. The number of aryl methyl sites for hydroxylation is 1. The standard InChI is InChI=1S/C7H5N2O2/c1-5-2-7(11-9-5)6-3-10-4-8-6/h2-3H,1H3. The molecule has 0 N–H and O–H groups in total. The van der Waals surface area contributed by atoms with Gasteiger partial charge >= 0.3 is 0 Å². The molecule has 2 rings (SSSR count). The molecule has 2 aromatic rings. The Morgan fingerprint density at radius 2 is 2.45 bits per heavy atom. The van der Waals surface area contributed by atoms with E-state index in [1.54, 1.807) is 6.07 Å². The minimum atomic E-state index is 0.604. The number of nitrogens with zero attached hydrogens (tertiary/aromatic N) is 2. The van der Waals surface area contributed by atoms with Crippen LogP contribution in [0.5, 0.6) is 0 Å². The molecule has 0 atom stereocenters. The molecule has 0 spiro atoms. The molecule has 0 saturated heterocycles. The molecule has 0 amide bonds. The molecule has 4 heteroatoms. The molecule has 2 heterocycles. The summed E-state index contributed by atoms with van der Waals surface area (Å²) in [5.74, 6) is 0.604. The highest BCUT2D eigenvalue weighted by molar-refractivity contribution is 5.49. The third kappa shape index (κ3) is 1.02. The first-order valence-electron chi connectivity index (χ1n) is 3.11. The van der Waals surface area contributed by atoms with Gasteiger partial charge < -0.3 is 8.94 Å². The number of hydrogen-bond donors (Lipinski definition) is 0. The summed E-state index contributed by atoms with van der Waals surface area (Å²) < 4.78 is 9.57. The van der Waals surface area contributed by atoms with E-state index in [4.69, 9.17) is 4.52 Å². The lowest BCUT2D eigenvalue weighted by molar-refractivity contribution is 0.425. The van der Waals surface area contributed by atoms with Crippen LogP contribution in [0.2, 0.25) is 0 Å². The van der Waals surface area contributed by atoms with E-state index in [1.165, 1.54) is 6.26 Å². The molecule has 0 unspecified atom stereocenters. The van der Waals surface area contributed by atoms with E-state index >= 15 is 0 Å². The van der Waals surface area contributed by atoms with Crippen molar-refractivity contribution in [2.24, 2.45) is 0 Å². The van der Waals surface area contributed by atoms with Crippen molar-refractivity contribution in [1.29, 1.82) is 0 Å². The lowest BCUT2D eigenvalue weighted by Gasteiger charge is -1.79. The van der Waals surface area contributed by atoms with Crippen molar-refractivity contribution in [3.8, 4) is 11.5 Å². The number of hydrogen-bond acceptors (Lipinski definition) is 4. The van der Waals surface area contributed by atoms with Gasteiger partial charge in [-0.1, -0.05) is 5.16 Å². The molecule has 55 valence electrons. The van der Waals surface area contributed by atoms with Crippen LogP contribution in [0.15, 0.2) is 21.3 Å². The number of aromatic nitrogens is 2. The van der Waals surface area contributed by atoms with Crippen molar-refractivity contribution < 1.29 is 8.94 Å². The first-order valence-corrected chi connectivity index (χ1v) is 3.11. The summed E-state index contributed by atoms with van der Waals surface area (Å²) in [7, 11) is 0. The number of oxazole rings is 1. The minimum absolute atomic E-state index is 0.604.